The molecule has 3 heterocycles. The van der Waals surface area contributed by atoms with Crippen molar-refractivity contribution < 1.29 is 4.79 Å². The Labute approximate surface area is 159 Å². The molecule has 0 atom stereocenters. The number of benzene rings is 1. The van der Waals surface area contributed by atoms with Gasteiger partial charge in [0.05, 0.1) is 0 Å². The first kappa shape index (κ1) is 17.4. The van der Waals surface area contributed by atoms with E-state index in [2.05, 4.69) is 20.9 Å². The van der Waals surface area contributed by atoms with Gasteiger partial charge in [0.2, 0.25) is 0 Å². The van der Waals surface area contributed by atoms with Gasteiger partial charge in [-0.1, -0.05) is 18.2 Å². The van der Waals surface area contributed by atoms with Crippen molar-refractivity contribution >= 4 is 5.91 Å². The highest BCUT2D eigenvalue weighted by Gasteiger charge is 2.22. The maximum absolute atomic E-state index is 12.9. The molecule has 0 aliphatic carbocycles. The van der Waals surface area contributed by atoms with Crippen LogP contribution in [0.1, 0.15) is 15.9 Å². The maximum atomic E-state index is 12.9. The van der Waals surface area contributed by atoms with Crippen molar-refractivity contribution in [2.24, 2.45) is 7.05 Å². The smallest absolute Gasteiger partial charge is 0.253 e. The molecule has 1 aliphatic heterocycles. The summed E-state index contributed by atoms with van der Waals surface area (Å²) in [7, 11) is 1.96. The number of pyridine rings is 1. The highest BCUT2D eigenvalue weighted by molar-refractivity contribution is 5.95. The predicted molar refractivity (Wildman–Crippen MR) is 104 cm³/mol. The molecule has 6 nitrogen and oxygen atoms in total. The van der Waals surface area contributed by atoms with E-state index in [4.69, 9.17) is 0 Å². The van der Waals surface area contributed by atoms with E-state index in [-0.39, 0.29) is 5.91 Å². The number of nitrogens with zero attached hydrogens (tertiary/aromatic N) is 5. The molecule has 0 radical (unpaired) electrons. The third kappa shape index (κ3) is 3.90. The van der Waals surface area contributed by atoms with E-state index in [1.54, 1.807) is 12.4 Å². The Hall–Kier alpha value is -2.99. The van der Waals surface area contributed by atoms with Crippen LogP contribution in [0, 0.1) is 0 Å². The quantitative estimate of drug-likeness (QED) is 0.716. The van der Waals surface area contributed by atoms with Gasteiger partial charge < -0.3 is 9.47 Å². The number of carbonyl (C=O) groups excluding carboxylic acids is 1. The third-order valence-electron chi connectivity index (χ3n) is 4.98. The summed E-state index contributed by atoms with van der Waals surface area (Å²) in [5, 5.41) is 0. The van der Waals surface area contributed by atoms with E-state index < -0.39 is 0 Å². The molecule has 2 aromatic heterocycles. The average molecular weight is 361 g/mol. The van der Waals surface area contributed by atoms with Crippen molar-refractivity contribution in [2.75, 3.05) is 26.2 Å². The Morgan fingerprint density at radius 2 is 1.93 bits per heavy atom. The number of aryl methyl sites for hydroxylation is 1. The Morgan fingerprint density at radius 3 is 2.63 bits per heavy atom. The Morgan fingerprint density at radius 1 is 1.07 bits per heavy atom. The van der Waals surface area contributed by atoms with E-state index in [1.165, 1.54) is 5.56 Å². The molecular weight excluding hydrogens is 338 g/mol. The van der Waals surface area contributed by atoms with Crippen LogP contribution in [0.3, 0.4) is 0 Å². The second-order valence-corrected chi connectivity index (χ2v) is 6.87. The number of piperazine rings is 1. The van der Waals surface area contributed by atoms with Crippen molar-refractivity contribution in [1.82, 2.24) is 24.3 Å². The highest BCUT2D eigenvalue weighted by atomic mass is 16.2. The van der Waals surface area contributed by atoms with Crippen LogP contribution in [0.4, 0.5) is 0 Å². The molecule has 0 bridgehead atoms. The molecule has 27 heavy (non-hydrogen) atoms. The average Bonchev–Trinajstić information content (AvgIpc) is 3.15. The summed E-state index contributed by atoms with van der Waals surface area (Å²) in [4.78, 5) is 25.8. The predicted octanol–water partition coefficient (Wildman–Crippen LogP) is 2.44. The molecule has 1 amide bonds. The number of carbonyl (C=O) groups is 1. The summed E-state index contributed by atoms with van der Waals surface area (Å²) in [5.74, 6) is 0.957. The van der Waals surface area contributed by atoms with E-state index in [0.29, 0.717) is 0 Å². The van der Waals surface area contributed by atoms with E-state index in [1.807, 2.05) is 59.2 Å². The van der Waals surface area contributed by atoms with Crippen molar-refractivity contribution in [3.05, 3.63) is 72.3 Å². The van der Waals surface area contributed by atoms with Crippen LogP contribution in [-0.2, 0) is 13.6 Å². The molecule has 1 aromatic carbocycles. The molecule has 6 heteroatoms. The summed E-state index contributed by atoms with van der Waals surface area (Å²) in [6, 6.07) is 11.8. The van der Waals surface area contributed by atoms with Crippen LogP contribution >= 0.6 is 0 Å². The normalized spacial score (nSPS) is 15.1. The number of aromatic nitrogens is 3. The van der Waals surface area contributed by atoms with Gasteiger partial charge >= 0.3 is 0 Å². The number of hydrogen-bond donors (Lipinski definition) is 0. The summed E-state index contributed by atoms with van der Waals surface area (Å²) < 4.78 is 1.96. The van der Waals surface area contributed by atoms with Gasteiger partial charge in [-0.2, -0.15) is 0 Å². The van der Waals surface area contributed by atoms with E-state index in [9.17, 15) is 4.79 Å². The molecule has 1 aliphatic rings. The van der Waals surface area contributed by atoms with Crippen molar-refractivity contribution in [3.8, 4) is 11.4 Å². The Bertz CT molecular complexity index is 913. The monoisotopic (exact) mass is 361 g/mol. The minimum atomic E-state index is 0.0899. The van der Waals surface area contributed by atoms with Gasteiger partial charge in [0.25, 0.3) is 5.91 Å². The first-order chi connectivity index (χ1) is 13.2. The lowest BCUT2D eigenvalue weighted by Gasteiger charge is -2.34. The molecule has 0 saturated carbocycles. The number of amides is 1. The van der Waals surface area contributed by atoms with E-state index >= 15 is 0 Å². The highest BCUT2D eigenvalue weighted by Crippen LogP contribution is 2.19. The molecular formula is C21H23N5O. The first-order valence-electron chi connectivity index (χ1n) is 9.19. The lowest BCUT2D eigenvalue weighted by atomic mass is 10.1. The first-order valence-corrected chi connectivity index (χ1v) is 9.19. The molecule has 4 rings (SSSR count). The zero-order valence-electron chi connectivity index (χ0n) is 15.5. The summed E-state index contributed by atoms with van der Waals surface area (Å²) in [5.41, 5.74) is 2.89. The zero-order valence-corrected chi connectivity index (χ0v) is 15.5. The molecule has 0 unspecified atom stereocenters. The molecule has 1 saturated heterocycles. The minimum Gasteiger partial charge on any atom is -0.336 e. The molecule has 1 fully saturated rings. The van der Waals surface area contributed by atoms with Gasteiger partial charge in [-0.05, 0) is 23.8 Å². The lowest BCUT2D eigenvalue weighted by Crippen LogP contribution is -2.48. The van der Waals surface area contributed by atoms with Crippen LogP contribution in [0.15, 0.2) is 61.2 Å². The van der Waals surface area contributed by atoms with Crippen LogP contribution in [0.5, 0.6) is 0 Å². The fraction of sp³-hybridized carbons (Fsp3) is 0.286. The molecule has 0 N–H and O–H groups in total. The SMILES string of the molecule is Cn1ccnc1-c1cccc(C(=O)N2CCN(Cc3cccnc3)CC2)c1. The standard InChI is InChI=1S/C21H23N5O/c1-24-9-8-23-20(24)18-5-2-6-19(14-18)21(27)26-12-10-25(11-13-26)16-17-4-3-7-22-15-17/h2-9,14-15H,10-13,16H2,1H3. The van der Waals surface area contributed by atoms with Crippen molar-refractivity contribution in [3.63, 3.8) is 0 Å². The Kier molecular flexibility index (Phi) is 4.98. The van der Waals surface area contributed by atoms with Gasteiger partial charge in [0.1, 0.15) is 5.82 Å². The summed E-state index contributed by atoms with van der Waals surface area (Å²) in [6.45, 7) is 4.11. The summed E-state index contributed by atoms with van der Waals surface area (Å²) in [6.07, 6.45) is 7.37. The van der Waals surface area contributed by atoms with Gasteiger partial charge in [-0.3, -0.25) is 14.7 Å². The second kappa shape index (κ2) is 7.72. The zero-order chi connectivity index (χ0) is 18.6. The molecule has 138 valence electrons. The van der Waals surface area contributed by atoms with E-state index in [0.717, 1.165) is 49.7 Å². The van der Waals surface area contributed by atoms with Gasteiger partial charge in [0, 0.05) is 75.7 Å². The largest absolute Gasteiger partial charge is 0.336 e. The number of hydrogen-bond acceptors (Lipinski definition) is 4. The van der Waals surface area contributed by atoms with Crippen molar-refractivity contribution in [1.29, 1.82) is 0 Å². The lowest BCUT2D eigenvalue weighted by molar-refractivity contribution is 0.0628. The fourth-order valence-electron chi connectivity index (χ4n) is 3.48. The van der Waals surface area contributed by atoms with Gasteiger partial charge in [0.15, 0.2) is 0 Å². The van der Waals surface area contributed by atoms with Crippen LogP contribution in [0.25, 0.3) is 11.4 Å². The summed E-state index contributed by atoms with van der Waals surface area (Å²) >= 11 is 0. The Balaban J connectivity index is 1.40. The third-order valence-corrected chi connectivity index (χ3v) is 4.98. The van der Waals surface area contributed by atoms with Crippen LogP contribution < -0.4 is 0 Å². The van der Waals surface area contributed by atoms with Gasteiger partial charge in [-0.15, -0.1) is 0 Å². The number of imidazole rings is 1. The topological polar surface area (TPSA) is 54.3 Å². The second-order valence-electron chi connectivity index (χ2n) is 6.87. The molecule has 3 aromatic rings. The number of rotatable bonds is 4. The minimum absolute atomic E-state index is 0.0899. The van der Waals surface area contributed by atoms with Gasteiger partial charge in [-0.25, -0.2) is 4.98 Å². The fourth-order valence-corrected chi connectivity index (χ4v) is 3.48. The van der Waals surface area contributed by atoms with Crippen molar-refractivity contribution in [2.45, 2.75) is 6.54 Å². The van der Waals surface area contributed by atoms with Crippen LogP contribution in [0.2, 0.25) is 0 Å². The van der Waals surface area contributed by atoms with Crippen LogP contribution in [-0.4, -0.2) is 56.4 Å². The molecule has 0 spiro atoms. The maximum Gasteiger partial charge on any atom is 0.253 e.